The van der Waals surface area contributed by atoms with Gasteiger partial charge in [0.15, 0.2) is 0 Å². The molecule has 0 aromatic heterocycles. The van der Waals surface area contributed by atoms with Gasteiger partial charge in [-0.15, -0.1) is 11.8 Å². The Hall–Kier alpha value is -0.890. The van der Waals surface area contributed by atoms with Gasteiger partial charge in [0.1, 0.15) is 0 Å². The molecule has 2 heteroatoms. The van der Waals surface area contributed by atoms with Crippen molar-refractivity contribution < 1.29 is 4.74 Å². The quantitative estimate of drug-likeness (QED) is 0.548. The Balaban J connectivity index is 2.62. The Kier molecular flexibility index (Phi) is 5.33. The third-order valence-electron chi connectivity index (χ3n) is 2.26. The minimum Gasteiger partial charge on any atom is -0.504 e. The van der Waals surface area contributed by atoms with Crippen molar-refractivity contribution in [3.05, 3.63) is 42.2 Å². The van der Waals surface area contributed by atoms with Crippen molar-refractivity contribution in [2.75, 3.05) is 7.11 Å². The molecule has 0 radical (unpaired) electrons. The van der Waals surface area contributed by atoms with E-state index in [2.05, 4.69) is 38.1 Å². The Morgan fingerprint density at radius 3 is 2.60 bits per heavy atom. The van der Waals surface area contributed by atoms with Crippen LogP contribution in [0.4, 0.5) is 0 Å². The van der Waals surface area contributed by atoms with Gasteiger partial charge in [0, 0.05) is 10.1 Å². The fraction of sp³-hybridized carbons (Fsp3) is 0.385. The minimum absolute atomic E-state index is 0.470. The van der Waals surface area contributed by atoms with E-state index in [4.69, 9.17) is 4.74 Å². The lowest BCUT2D eigenvalue weighted by Gasteiger charge is -2.13. The highest BCUT2D eigenvalue weighted by Gasteiger charge is 2.08. The molecular formula is C13H18OS. The second-order valence-electron chi connectivity index (χ2n) is 3.36. The summed E-state index contributed by atoms with van der Waals surface area (Å²) >= 11 is 1.87. The molecule has 0 aliphatic rings. The van der Waals surface area contributed by atoms with E-state index in [0.717, 1.165) is 6.42 Å². The standard InChI is InChI=1S/C13H18OS/c1-4-12(10-14-3)11(2)15-13-8-6-5-7-9-13/h5-11H,4H2,1-3H3. The average Bonchev–Trinajstić information content (AvgIpc) is 2.27. The number of methoxy groups -OCH3 is 1. The van der Waals surface area contributed by atoms with Crippen LogP contribution in [0.1, 0.15) is 20.3 Å². The summed E-state index contributed by atoms with van der Waals surface area (Å²) in [6.45, 7) is 4.37. The van der Waals surface area contributed by atoms with Crippen molar-refractivity contribution in [2.45, 2.75) is 30.4 Å². The van der Waals surface area contributed by atoms with Crippen molar-refractivity contribution in [1.29, 1.82) is 0 Å². The molecule has 0 spiro atoms. The van der Waals surface area contributed by atoms with Crippen LogP contribution in [0.2, 0.25) is 0 Å². The smallest absolute Gasteiger partial charge is 0.0827 e. The van der Waals surface area contributed by atoms with Crippen molar-refractivity contribution in [1.82, 2.24) is 0 Å². The highest BCUT2D eigenvalue weighted by atomic mass is 32.2. The lowest BCUT2D eigenvalue weighted by Crippen LogP contribution is -2.00. The van der Waals surface area contributed by atoms with Crippen LogP contribution in [-0.4, -0.2) is 12.4 Å². The Labute approximate surface area is 96.5 Å². The molecule has 1 atom stereocenters. The van der Waals surface area contributed by atoms with Crippen molar-refractivity contribution in [3.8, 4) is 0 Å². The maximum Gasteiger partial charge on any atom is 0.0827 e. The normalized spacial score (nSPS) is 13.7. The number of hydrogen-bond acceptors (Lipinski definition) is 2. The fourth-order valence-electron chi connectivity index (χ4n) is 1.40. The second-order valence-corrected chi connectivity index (χ2v) is 4.77. The van der Waals surface area contributed by atoms with Gasteiger partial charge in [-0.25, -0.2) is 0 Å². The van der Waals surface area contributed by atoms with E-state index in [1.807, 2.05) is 24.1 Å². The molecule has 0 saturated heterocycles. The third-order valence-corrected chi connectivity index (χ3v) is 3.46. The minimum atomic E-state index is 0.470. The summed E-state index contributed by atoms with van der Waals surface area (Å²) in [5.41, 5.74) is 1.34. The van der Waals surface area contributed by atoms with Crippen LogP contribution < -0.4 is 0 Å². The summed E-state index contributed by atoms with van der Waals surface area (Å²) in [5, 5.41) is 0.470. The van der Waals surface area contributed by atoms with Crippen LogP contribution in [-0.2, 0) is 4.74 Å². The highest BCUT2D eigenvalue weighted by Crippen LogP contribution is 2.28. The van der Waals surface area contributed by atoms with Crippen LogP contribution in [0.15, 0.2) is 47.1 Å². The zero-order valence-electron chi connectivity index (χ0n) is 9.57. The third kappa shape index (κ3) is 4.00. The molecule has 0 fully saturated rings. The van der Waals surface area contributed by atoms with E-state index in [0.29, 0.717) is 5.25 Å². The first-order valence-electron chi connectivity index (χ1n) is 5.21. The maximum absolute atomic E-state index is 5.08. The largest absolute Gasteiger partial charge is 0.504 e. The Bertz CT molecular complexity index is 306. The molecule has 1 nitrogen and oxygen atoms in total. The summed E-state index contributed by atoms with van der Waals surface area (Å²) in [6.07, 6.45) is 2.90. The molecule has 0 saturated carbocycles. The van der Waals surface area contributed by atoms with Gasteiger partial charge in [0.2, 0.25) is 0 Å². The van der Waals surface area contributed by atoms with E-state index in [1.165, 1.54) is 10.5 Å². The van der Waals surface area contributed by atoms with E-state index >= 15 is 0 Å². The second kappa shape index (κ2) is 6.57. The van der Waals surface area contributed by atoms with Crippen molar-refractivity contribution in [3.63, 3.8) is 0 Å². The molecule has 0 N–H and O–H groups in total. The lowest BCUT2D eigenvalue weighted by atomic mass is 10.2. The molecule has 1 unspecified atom stereocenters. The summed E-state index contributed by atoms with van der Waals surface area (Å²) < 4.78 is 5.08. The van der Waals surface area contributed by atoms with E-state index in [9.17, 15) is 0 Å². The van der Waals surface area contributed by atoms with Crippen molar-refractivity contribution >= 4 is 11.8 Å². The molecule has 0 bridgehead atoms. The predicted octanol–water partition coefficient (Wildman–Crippen LogP) is 4.11. The number of ether oxygens (including phenoxy) is 1. The van der Waals surface area contributed by atoms with Crippen molar-refractivity contribution in [2.24, 2.45) is 0 Å². The van der Waals surface area contributed by atoms with Crippen LogP contribution >= 0.6 is 11.8 Å². The number of benzene rings is 1. The SMILES string of the molecule is CCC(=COC)C(C)Sc1ccccc1. The van der Waals surface area contributed by atoms with E-state index in [1.54, 1.807) is 7.11 Å². The van der Waals surface area contributed by atoms with Gasteiger partial charge in [-0.05, 0) is 31.1 Å². The Morgan fingerprint density at radius 2 is 2.07 bits per heavy atom. The molecule has 15 heavy (non-hydrogen) atoms. The van der Waals surface area contributed by atoms with Gasteiger partial charge >= 0.3 is 0 Å². The molecule has 0 heterocycles. The van der Waals surface area contributed by atoms with Gasteiger partial charge in [-0.1, -0.05) is 25.1 Å². The van der Waals surface area contributed by atoms with Gasteiger partial charge in [-0.2, -0.15) is 0 Å². The average molecular weight is 222 g/mol. The molecule has 0 aliphatic carbocycles. The summed E-state index contributed by atoms with van der Waals surface area (Å²) in [4.78, 5) is 1.31. The van der Waals surface area contributed by atoms with Gasteiger partial charge in [-0.3, -0.25) is 0 Å². The van der Waals surface area contributed by atoms with Gasteiger partial charge < -0.3 is 4.74 Å². The molecule has 1 aromatic carbocycles. The van der Waals surface area contributed by atoms with Crippen LogP contribution in [0.25, 0.3) is 0 Å². The lowest BCUT2D eigenvalue weighted by molar-refractivity contribution is 0.332. The zero-order chi connectivity index (χ0) is 11.1. The van der Waals surface area contributed by atoms with Crippen LogP contribution in [0, 0.1) is 0 Å². The first kappa shape index (κ1) is 12.2. The molecule has 1 rings (SSSR count). The Morgan fingerprint density at radius 1 is 1.40 bits per heavy atom. The summed E-state index contributed by atoms with van der Waals surface area (Å²) in [7, 11) is 1.70. The summed E-state index contributed by atoms with van der Waals surface area (Å²) in [6, 6.07) is 10.5. The number of rotatable bonds is 5. The first-order chi connectivity index (χ1) is 7.27. The molecule has 1 aromatic rings. The maximum atomic E-state index is 5.08. The molecular weight excluding hydrogens is 204 g/mol. The summed E-state index contributed by atoms with van der Waals surface area (Å²) in [5.74, 6) is 0. The molecule has 0 amide bonds. The molecule has 82 valence electrons. The predicted molar refractivity (Wildman–Crippen MR) is 67.1 cm³/mol. The number of hydrogen-bond donors (Lipinski definition) is 0. The van der Waals surface area contributed by atoms with Crippen LogP contribution in [0.5, 0.6) is 0 Å². The monoisotopic (exact) mass is 222 g/mol. The van der Waals surface area contributed by atoms with Crippen LogP contribution in [0.3, 0.4) is 0 Å². The van der Waals surface area contributed by atoms with E-state index < -0.39 is 0 Å². The first-order valence-corrected chi connectivity index (χ1v) is 6.09. The van der Waals surface area contributed by atoms with E-state index in [-0.39, 0.29) is 0 Å². The van der Waals surface area contributed by atoms with Gasteiger partial charge in [0.05, 0.1) is 13.4 Å². The van der Waals surface area contributed by atoms with Gasteiger partial charge in [0.25, 0.3) is 0 Å². The highest BCUT2D eigenvalue weighted by molar-refractivity contribution is 8.00. The zero-order valence-corrected chi connectivity index (χ0v) is 10.4. The number of thioether (sulfide) groups is 1. The fourth-order valence-corrected chi connectivity index (χ4v) is 2.49. The molecule has 0 aliphatic heterocycles. The topological polar surface area (TPSA) is 9.23 Å².